The monoisotopic (exact) mass is 495 g/mol. The molecule has 0 aliphatic carbocycles. The molecule has 0 fully saturated rings. The highest BCUT2D eigenvalue weighted by Gasteiger charge is 2.31. The minimum absolute atomic E-state index is 0.327. The first kappa shape index (κ1) is 22.0. The van der Waals surface area contributed by atoms with Gasteiger partial charge in [-0.3, -0.25) is 9.59 Å². The van der Waals surface area contributed by atoms with E-state index in [4.69, 9.17) is 46.4 Å². The van der Waals surface area contributed by atoms with Crippen molar-refractivity contribution in [2.45, 2.75) is 26.3 Å². The SMILES string of the molecule is Cc1c(C(=O)Nc2ccc(Cl)c(Cl)c2)c(C(=O)Nc2ccc(Cl)c(Cl)c2)c2n1CCC2. The molecule has 9 heteroatoms. The molecule has 2 N–H and O–H groups in total. The molecular weight excluding hydrogens is 480 g/mol. The van der Waals surface area contributed by atoms with Crippen LogP contribution in [0.1, 0.15) is 38.5 Å². The van der Waals surface area contributed by atoms with Gasteiger partial charge in [-0.2, -0.15) is 0 Å². The van der Waals surface area contributed by atoms with Gasteiger partial charge in [-0.25, -0.2) is 0 Å². The molecule has 0 bridgehead atoms. The van der Waals surface area contributed by atoms with Crippen molar-refractivity contribution >= 4 is 69.6 Å². The van der Waals surface area contributed by atoms with E-state index in [2.05, 4.69) is 10.6 Å². The molecule has 160 valence electrons. The van der Waals surface area contributed by atoms with Crippen LogP contribution in [0.15, 0.2) is 36.4 Å². The zero-order valence-corrected chi connectivity index (χ0v) is 19.4. The molecule has 2 amide bonds. The van der Waals surface area contributed by atoms with Crippen molar-refractivity contribution in [1.82, 2.24) is 4.57 Å². The fourth-order valence-electron chi connectivity index (χ4n) is 3.82. The van der Waals surface area contributed by atoms with Gasteiger partial charge < -0.3 is 15.2 Å². The number of carbonyl (C=O) groups excluding carboxylic acids is 2. The molecule has 1 aliphatic heterocycles. The van der Waals surface area contributed by atoms with Crippen LogP contribution < -0.4 is 10.6 Å². The molecular formula is C22H17Cl4N3O2. The van der Waals surface area contributed by atoms with Crippen LogP contribution >= 0.6 is 46.4 Å². The number of nitrogens with one attached hydrogen (secondary N) is 2. The Labute approximate surface area is 199 Å². The highest BCUT2D eigenvalue weighted by Crippen LogP contribution is 2.32. The van der Waals surface area contributed by atoms with Gasteiger partial charge in [0.2, 0.25) is 0 Å². The van der Waals surface area contributed by atoms with Crippen LogP contribution in [0.3, 0.4) is 0 Å². The molecule has 0 radical (unpaired) electrons. The lowest BCUT2D eigenvalue weighted by Crippen LogP contribution is -2.20. The number of hydrogen-bond donors (Lipinski definition) is 2. The maximum Gasteiger partial charge on any atom is 0.258 e. The maximum atomic E-state index is 13.2. The van der Waals surface area contributed by atoms with Crippen molar-refractivity contribution in [1.29, 1.82) is 0 Å². The van der Waals surface area contributed by atoms with E-state index in [9.17, 15) is 9.59 Å². The first-order valence-electron chi connectivity index (χ1n) is 9.51. The lowest BCUT2D eigenvalue weighted by Gasteiger charge is -2.11. The second-order valence-corrected chi connectivity index (χ2v) is 8.83. The fourth-order valence-corrected chi connectivity index (χ4v) is 4.42. The summed E-state index contributed by atoms with van der Waals surface area (Å²) in [6, 6.07) is 9.65. The van der Waals surface area contributed by atoms with Gasteiger partial charge in [-0.05, 0) is 56.2 Å². The third kappa shape index (κ3) is 4.28. The van der Waals surface area contributed by atoms with Crippen molar-refractivity contribution in [3.8, 4) is 0 Å². The third-order valence-corrected chi connectivity index (χ3v) is 6.71. The van der Waals surface area contributed by atoms with Gasteiger partial charge in [0.1, 0.15) is 0 Å². The quantitative estimate of drug-likeness (QED) is 0.414. The van der Waals surface area contributed by atoms with Crippen LogP contribution in [-0.4, -0.2) is 16.4 Å². The van der Waals surface area contributed by atoms with E-state index in [1.807, 2.05) is 11.5 Å². The van der Waals surface area contributed by atoms with Crippen LogP contribution in [0.25, 0.3) is 0 Å². The number of carbonyl (C=O) groups is 2. The Morgan fingerprint density at radius 3 is 1.84 bits per heavy atom. The Kier molecular flexibility index (Phi) is 6.22. The van der Waals surface area contributed by atoms with Gasteiger partial charge in [0.15, 0.2) is 0 Å². The summed E-state index contributed by atoms with van der Waals surface area (Å²) >= 11 is 24.0. The minimum Gasteiger partial charge on any atom is -0.347 e. The van der Waals surface area contributed by atoms with Crippen LogP contribution in [0.2, 0.25) is 20.1 Å². The number of halogens is 4. The topological polar surface area (TPSA) is 63.1 Å². The third-order valence-electron chi connectivity index (χ3n) is 5.24. The zero-order valence-electron chi connectivity index (χ0n) is 16.4. The van der Waals surface area contributed by atoms with Crippen LogP contribution in [0.5, 0.6) is 0 Å². The second kappa shape index (κ2) is 8.75. The van der Waals surface area contributed by atoms with E-state index in [0.29, 0.717) is 49.0 Å². The predicted molar refractivity (Wildman–Crippen MR) is 126 cm³/mol. The van der Waals surface area contributed by atoms with Crippen LogP contribution in [0, 0.1) is 6.92 Å². The molecule has 1 aliphatic rings. The summed E-state index contributed by atoms with van der Waals surface area (Å²) in [5.41, 5.74) is 3.25. The summed E-state index contributed by atoms with van der Waals surface area (Å²) < 4.78 is 2.02. The van der Waals surface area contributed by atoms with Crippen LogP contribution in [-0.2, 0) is 13.0 Å². The molecule has 0 unspecified atom stereocenters. The number of anilines is 2. The van der Waals surface area contributed by atoms with E-state index >= 15 is 0 Å². The Balaban J connectivity index is 1.69. The van der Waals surface area contributed by atoms with Crippen molar-refractivity contribution in [3.63, 3.8) is 0 Å². The van der Waals surface area contributed by atoms with Gasteiger partial charge in [0, 0.05) is 29.3 Å². The van der Waals surface area contributed by atoms with Gasteiger partial charge in [-0.15, -0.1) is 0 Å². The molecule has 4 rings (SSSR count). The van der Waals surface area contributed by atoms with Gasteiger partial charge >= 0.3 is 0 Å². The highest BCUT2D eigenvalue weighted by molar-refractivity contribution is 6.42. The number of hydrogen-bond acceptors (Lipinski definition) is 2. The van der Waals surface area contributed by atoms with Crippen molar-refractivity contribution in [2.24, 2.45) is 0 Å². The Bertz CT molecular complexity index is 1220. The Hall–Kier alpha value is -2.18. The normalized spacial score (nSPS) is 12.5. The molecule has 31 heavy (non-hydrogen) atoms. The number of fused-ring (bicyclic) bond motifs is 1. The summed E-state index contributed by atoms with van der Waals surface area (Å²) in [6.45, 7) is 2.60. The molecule has 2 aromatic carbocycles. The zero-order chi connectivity index (χ0) is 22.3. The molecule has 0 spiro atoms. The smallest absolute Gasteiger partial charge is 0.258 e. The summed E-state index contributed by atoms with van der Waals surface area (Å²) in [6.07, 6.45) is 1.63. The molecule has 0 atom stereocenters. The Morgan fingerprint density at radius 1 is 0.806 bits per heavy atom. The van der Waals surface area contributed by atoms with E-state index in [-0.39, 0.29) is 5.91 Å². The van der Waals surface area contributed by atoms with E-state index in [1.54, 1.807) is 36.4 Å². The highest BCUT2D eigenvalue weighted by atomic mass is 35.5. The maximum absolute atomic E-state index is 13.2. The van der Waals surface area contributed by atoms with Gasteiger partial charge in [0.25, 0.3) is 11.8 Å². The summed E-state index contributed by atoms with van der Waals surface area (Å²) in [5.74, 6) is -0.770. The first-order chi connectivity index (χ1) is 14.8. The molecule has 3 aromatic rings. The number of amides is 2. The molecule has 0 saturated heterocycles. The van der Waals surface area contributed by atoms with Crippen LogP contribution in [0.4, 0.5) is 11.4 Å². The summed E-state index contributed by atoms with van der Waals surface area (Å²) in [7, 11) is 0. The van der Waals surface area contributed by atoms with E-state index < -0.39 is 5.91 Å². The van der Waals surface area contributed by atoms with Gasteiger partial charge in [-0.1, -0.05) is 46.4 Å². The lowest BCUT2D eigenvalue weighted by molar-refractivity contribution is 0.0990. The fraction of sp³-hybridized carbons (Fsp3) is 0.182. The van der Waals surface area contributed by atoms with E-state index in [0.717, 1.165) is 24.4 Å². The second-order valence-electron chi connectivity index (χ2n) is 7.20. The number of nitrogens with zero attached hydrogens (tertiary/aromatic N) is 1. The molecule has 5 nitrogen and oxygen atoms in total. The first-order valence-corrected chi connectivity index (χ1v) is 11.0. The lowest BCUT2D eigenvalue weighted by atomic mass is 10.0. The minimum atomic E-state index is -0.392. The van der Waals surface area contributed by atoms with E-state index in [1.165, 1.54) is 0 Å². The summed E-state index contributed by atoms with van der Waals surface area (Å²) in [5, 5.41) is 7.08. The molecule has 0 saturated carbocycles. The average Bonchev–Trinajstić information content (AvgIpc) is 3.29. The summed E-state index contributed by atoms with van der Waals surface area (Å²) in [4.78, 5) is 26.4. The van der Waals surface area contributed by atoms with Crippen molar-refractivity contribution < 1.29 is 9.59 Å². The standard InChI is InChI=1S/C22H17Cl4N3O2/c1-11-19(21(30)27-12-4-6-14(23)16(25)9-12)20(18-3-2-8-29(11)18)22(31)28-13-5-7-15(24)17(26)10-13/h4-7,9-10H,2-3,8H2,1H3,(H,27,30)(H,28,31). The average molecular weight is 497 g/mol. The van der Waals surface area contributed by atoms with Gasteiger partial charge in [0.05, 0.1) is 31.2 Å². The molecule has 1 aromatic heterocycles. The Morgan fingerprint density at radius 2 is 1.32 bits per heavy atom. The van der Waals surface area contributed by atoms with Crippen molar-refractivity contribution in [3.05, 3.63) is 79.0 Å². The molecule has 2 heterocycles. The number of aromatic nitrogens is 1. The largest absolute Gasteiger partial charge is 0.347 e. The number of rotatable bonds is 4. The number of benzene rings is 2. The predicted octanol–water partition coefficient (Wildman–Crippen LogP) is 6.86. The van der Waals surface area contributed by atoms with Crippen molar-refractivity contribution in [2.75, 3.05) is 10.6 Å².